The molecule has 2 heterocycles. The van der Waals surface area contributed by atoms with Gasteiger partial charge in [-0.3, -0.25) is 9.69 Å². The highest BCUT2D eigenvalue weighted by Crippen LogP contribution is 2.38. The number of aryl methyl sites for hydroxylation is 1. The van der Waals surface area contributed by atoms with Gasteiger partial charge in [0.05, 0.1) is 25.1 Å². The number of thiophene rings is 1. The van der Waals surface area contributed by atoms with E-state index in [1.807, 2.05) is 17.5 Å². The third-order valence-corrected chi connectivity index (χ3v) is 6.82. The van der Waals surface area contributed by atoms with Crippen LogP contribution in [0.4, 0.5) is 0 Å². The molecule has 1 amide bonds. The monoisotopic (exact) mass is 436 g/mol. The molecule has 1 N–H and O–H groups in total. The Morgan fingerprint density at radius 3 is 2.61 bits per heavy atom. The Kier molecular flexibility index (Phi) is 6.59. The topological polar surface area (TPSA) is 50.8 Å². The summed E-state index contributed by atoms with van der Waals surface area (Å²) in [6, 6.07) is 16.4. The minimum Gasteiger partial charge on any atom is -0.493 e. The summed E-state index contributed by atoms with van der Waals surface area (Å²) in [6.07, 6.45) is 0.928. The normalized spacial score (nSPS) is 15.9. The SMILES string of the molecule is COc1cc2c(cc1OC)C(CNC(=O)c1cccs1)N(Cc1ccccc1C)CC2. The maximum atomic E-state index is 12.6. The largest absolute Gasteiger partial charge is 0.493 e. The van der Waals surface area contributed by atoms with Gasteiger partial charge in [0.1, 0.15) is 0 Å². The van der Waals surface area contributed by atoms with E-state index in [4.69, 9.17) is 9.47 Å². The van der Waals surface area contributed by atoms with Gasteiger partial charge in [-0.1, -0.05) is 30.3 Å². The number of hydrogen-bond acceptors (Lipinski definition) is 5. The van der Waals surface area contributed by atoms with Crippen LogP contribution in [0.1, 0.15) is 38.0 Å². The molecule has 1 aromatic heterocycles. The predicted octanol–water partition coefficient (Wildman–Crippen LogP) is 4.60. The predicted molar refractivity (Wildman–Crippen MR) is 124 cm³/mol. The Morgan fingerprint density at radius 1 is 1.13 bits per heavy atom. The van der Waals surface area contributed by atoms with Crippen LogP contribution < -0.4 is 14.8 Å². The highest BCUT2D eigenvalue weighted by atomic mass is 32.1. The molecule has 0 saturated heterocycles. The van der Waals surface area contributed by atoms with Gasteiger partial charge in [-0.25, -0.2) is 0 Å². The number of amides is 1. The second-order valence-corrected chi connectivity index (χ2v) is 8.70. The summed E-state index contributed by atoms with van der Waals surface area (Å²) < 4.78 is 11.1. The summed E-state index contributed by atoms with van der Waals surface area (Å²) in [4.78, 5) is 15.8. The first-order chi connectivity index (χ1) is 15.1. The van der Waals surface area contributed by atoms with Crippen LogP contribution in [0.2, 0.25) is 0 Å². The molecule has 162 valence electrons. The van der Waals surface area contributed by atoms with Crippen LogP contribution in [-0.4, -0.2) is 38.1 Å². The number of methoxy groups -OCH3 is 2. The zero-order valence-corrected chi connectivity index (χ0v) is 19.0. The van der Waals surface area contributed by atoms with E-state index in [1.54, 1.807) is 14.2 Å². The number of carbonyl (C=O) groups is 1. The van der Waals surface area contributed by atoms with Crippen molar-refractivity contribution in [3.63, 3.8) is 0 Å². The van der Waals surface area contributed by atoms with Crippen molar-refractivity contribution < 1.29 is 14.3 Å². The lowest BCUT2D eigenvalue weighted by Crippen LogP contribution is -2.41. The highest BCUT2D eigenvalue weighted by Gasteiger charge is 2.30. The molecular weight excluding hydrogens is 408 g/mol. The lowest BCUT2D eigenvalue weighted by molar-refractivity contribution is 0.0929. The lowest BCUT2D eigenvalue weighted by Gasteiger charge is -2.38. The van der Waals surface area contributed by atoms with Crippen molar-refractivity contribution >= 4 is 17.2 Å². The maximum absolute atomic E-state index is 12.6. The molecular formula is C25H28N2O3S. The fourth-order valence-corrected chi connectivity index (χ4v) is 4.84. The number of nitrogens with one attached hydrogen (secondary N) is 1. The number of hydrogen-bond donors (Lipinski definition) is 1. The minimum absolute atomic E-state index is 0.0292. The highest BCUT2D eigenvalue weighted by molar-refractivity contribution is 7.12. The van der Waals surface area contributed by atoms with Gasteiger partial charge in [-0.05, 0) is 59.2 Å². The zero-order chi connectivity index (χ0) is 21.8. The van der Waals surface area contributed by atoms with E-state index in [0.717, 1.165) is 30.1 Å². The average Bonchev–Trinajstić information content (AvgIpc) is 3.33. The Morgan fingerprint density at radius 2 is 1.90 bits per heavy atom. The number of benzene rings is 2. The first-order valence-electron chi connectivity index (χ1n) is 10.5. The average molecular weight is 437 g/mol. The number of rotatable bonds is 7. The molecule has 0 bridgehead atoms. The number of carbonyl (C=O) groups excluding carboxylic acids is 1. The molecule has 0 aliphatic carbocycles. The van der Waals surface area contributed by atoms with Crippen molar-refractivity contribution in [1.82, 2.24) is 10.2 Å². The van der Waals surface area contributed by atoms with E-state index in [-0.39, 0.29) is 11.9 Å². The Labute approximate surface area is 187 Å². The van der Waals surface area contributed by atoms with Crippen molar-refractivity contribution in [3.05, 3.63) is 81.0 Å². The minimum atomic E-state index is -0.0292. The molecule has 1 aliphatic rings. The molecule has 0 saturated carbocycles. The van der Waals surface area contributed by atoms with E-state index in [1.165, 1.54) is 33.6 Å². The van der Waals surface area contributed by atoms with Crippen molar-refractivity contribution in [3.8, 4) is 11.5 Å². The molecule has 1 unspecified atom stereocenters. The van der Waals surface area contributed by atoms with Crippen LogP contribution in [0, 0.1) is 6.92 Å². The van der Waals surface area contributed by atoms with Gasteiger partial charge in [-0.2, -0.15) is 0 Å². The second kappa shape index (κ2) is 9.54. The van der Waals surface area contributed by atoms with Crippen LogP contribution in [-0.2, 0) is 13.0 Å². The zero-order valence-electron chi connectivity index (χ0n) is 18.2. The fourth-order valence-electron chi connectivity index (χ4n) is 4.20. The second-order valence-electron chi connectivity index (χ2n) is 7.76. The third kappa shape index (κ3) is 4.60. The van der Waals surface area contributed by atoms with Gasteiger partial charge < -0.3 is 14.8 Å². The van der Waals surface area contributed by atoms with Gasteiger partial charge in [0, 0.05) is 19.6 Å². The molecule has 1 atom stereocenters. The quantitative estimate of drug-likeness (QED) is 0.588. The smallest absolute Gasteiger partial charge is 0.261 e. The third-order valence-electron chi connectivity index (χ3n) is 5.95. The van der Waals surface area contributed by atoms with E-state index < -0.39 is 0 Å². The molecule has 3 aromatic rings. The first kappa shape index (κ1) is 21.4. The summed E-state index contributed by atoms with van der Waals surface area (Å²) in [6.45, 7) is 4.43. The maximum Gasteiger partial charge on any atom is 0.261 e. The molecule has 0 radical (unpaired) electrons. The van der Waals surface area contributed by atoms with Crippen LogP contribution in [0.15, 0.2) is 53.9 Å². The Hall–Kier alpha value is -2.83. The Bertz CT molecular complexity index is 1050. The lowest BCUT2D eigenvalue weighted by atomic mass is 9.91. The van der Waals surface area contributed by atoms with Crippen LogP contribution in [0.5, 0.6) is 11.5 Å². The van der Waals surface area contributed by atoms with Gasteiger partial charge in [-0.15, -0.1) is 11.3 Å². The molecule has 6 heteroatoms. The number of nitrogens with zero attached hydrogens (tertiary/aromatic N) is 1. The first-order valence-corrected chi connectivity index (χ1v) is 11.3. The molecule has 4 rings (SSSR count). The summed E-state index contributed by atoms with van der Waals surface area (Å²) >= 11 is 1.46. The van der Waals surface area contributed by atoms with Crippen LogP contribution >= 0.6 is 11.3 Å². The molecule has 31 heavy (non-hydrogen) atoms. The summed E-state index contributed by atoms with van der Waals surface area (Å²) in [5.74, 6) is 1.43. The Balaban J connectivity index is 1.65. The van der Waals surface area contributed by atoms with Crippen molar-refractivity contribution in [1.29, 1.82) is 0 Å². The van der Waals surface area contributed by atoms with E-state index in [9.17, 15) is 4.79 Å². The molecule has 0 fully saturated rings. The summed E-state index contributed by atoms with van der Waals surface area (Å²) in [5.41, 5.74) is 5.01. The summed E-state index contributed by atoms with van der Waals surface area (Å²) in [7, 11) is 3.32. The summed E-state index contributed by atoms with van der Waals surface area (Å²) in [5, 5.41) is 5.07. The van der Waals surface area contributed by atoms with E-state index >= 15 is 0 Å². The van der Waals surface area contributed by atoms with Crippen molar-refractivity contribution in [2.24, 2.45) is 0 Å². The molecule has 2 aromatic carbocycles. The number of ether oxygens (including phenoxy) is 2. The molecule has 5 nitrogen and oxygen atoms in total. The van der Waals surface area contributed by atoms with Crippen molar-refractivity contribution in [2.45, 2.75) is 25.9 Å². The van der Waals surface area contributed by atoms with Gasteiger partial charge in [0.25, 0.3) is 5.91 Å². The standard InChI is InChI=1S/C25H28N2O3S/c1-17-7-4-5-8-19(17)16-27-11-10-18-13-22(29-2)23(30-3)14-20(18)21(27)15-26-25(28)24-9-6-12-31-24/h4-9,12-14,21H,10-11,15-16H2,1-3H3,(H,26,28). The molecule has 0 spiro atoms. The fraction of sp³-hybridized carbons (Fsp3) is 0.320. The van der Waals surface area contributed by atoms with Gasteiger partial charge in [0.2, 0.25) is 0 Å². The van der Waals surface area contributed by atoms with Gasteiger partial charge >= 0.3 is 0 Å². The van der Waals surface area contributed by atoms with E-state index in [0.29, 0.717) is 12.3 Å². The van der Waals surface area contributed by atoms with Crippen molar-refractivity contribution in [2.75, 3.05) is 27.3 Å². The molecule has 1 aliphatic heterocycles. The van der Waals surface area contributed by atoms with Gasteiger partial charge in [0.15, 0.2) is 11.5 Å². The van der Waals surface area contributed by atoms with Crippen LogP contribution in [0.25, 0.3) is 0 Å². The number of fused-ring (bicyclic) bond motifs is 1. The van der Waals surface area contributed by atoms with Crippen LogP contribution in [0.3, 0.4) is 0 Å². The van der Waals surface area contributed by atoms with E-state index in [2.05, 4.69) is 53.5 Å².